The van der Waals surface area contributed by atoms with Crippen LogP contribution in [0.5, 0.6) is 5.75 Å². The molecule has 25 heavy (non-hydrogen) atoms. The van der Waals surface area contributed by atoms with Crippen LogP contribution in [0.25, 0.3) is 0 Å². The van der Waals surface area contributed by atoms with Crippen LogP contribution in [-0.4, -0.2) is 0 Å². The SMILES string of the molecule is C=CC1CCC(c2ccc(OCc3ccc(CCC)cc3)cc2)CC1. The van der Waals surface area contributed by atoms with Gasteiger partial charge in [-0.3, -0.25) is 0 Å². The van der Waals surface area contributed by atoms with Crippen molar-refractivity contribution in [2.45, 2.75) is 58.0 Å². The Bertz CT molecular complexity index is 645. The number of aryl methyl sites for hydroxylation is 1. The lowest BCUT2D eigenvalue weighted by molar-refractivity contribution is 0.306. The van der Waals surface area contributed by atoms with E-state index in [-0.39, 0.29) is 0 Å². The molecule has 0 unspecified atom stereocenters. The Balaban J connectivity index is 1.51. The molecule has 1 aliphatic rings. The lowest BCUT2D eigenvalue weighted by Crippen LogP contribution is -2.11. The molecular formula is C24H30O. The lowest BCUT2D eigenvalue weighted by Gasteiger charge is -2.27. The first-order valence-corrected chi connectivity index (χ1v) is 9.71. The average molecular weight is 335 g/mol. The third kappa shape index (κ3) is 4.98. The maximum absolute atomic E-state index is 5.96. The van der Waals surface area contributed by atoms with Crippen LogP contribution in [0, 0.1) is 5.92 Å². The molecule has 0 bridgehead atoms. The number of rotatable bonds is 7. The Morgan fingerprint density at radius 2 is 1.56 bits per heavy atom. The molecule has 1 aliphatic carbocycles. The van der Waals surface area contributed by atoms with Crippen molar-refractivity contribution in [2.75, 3.05) is 0 Å². The van der Waals surface area contributed by atoms with E-state index in [0.717, 1.165) is 18.1 Å². The molecule has 0 aliphatic heterocycles. The van der Waals surface area contributed by atoms with Crippen molar-refractivity contribution in [2.24, 2.45) is 5.92 Å². The molecule has 0 atom stereocenters. The Morgan fingerprint density at radius 3 is 2.16 bits per heavy atom. The molecule has 3 rings (SSSR count). The molecular weight excluding hydrogens is 304 g/mol. The normalized spacial score (nSPS) is 20.2. The summed E-state index contributed by atoms with van der Waals surface area (Å²) < 4.78 is 5.96. The van der Waals surface area contributed by atoms with Gasteiger partial charge in [-0.05, 0) is 72.8 Å². The van der Waals surface area contributed by atoms with E-state index >= 15 is 0 Å². The maximum atomic E-state index is 5.96. The van der Waals surface area contributed by atoms with Gasteiger partial charge in [0.25, 0.3) is 0 Å². The predicted octanol–water partition coefficient (Wildman–Crippen LogP) is 6.68. The molecule has 1 nitrogen and oxygen atoms in total. The van der Waals surface area contributed by atoms with Gasteiger partial charge in [0.2, 0.25) is 0 Å². The Hall–Kier alpha value is -2.02. The van der Waals surface area contributed by atoms with E-state index in [1.54, 1.807) is 0 Å². The summed E-state index contributed by atoms with van der Waals surface area (Å²) in [7, 11) is 0. The fourth-order valence-electron chi connectivity index (χ4n) is 3.78. The zero-order chi connectivity index (χ0) is 17.5. The molecule has 0 aromatic heterocycles. The van der Waals surface area contributed by atoms with Crippen LogP contribution in [0.15, 0.2) is 61.2 Å². The van der Waals surface area contributed by atoms with E-state index < -0.39 is 0 Å². The second-order valence-electron chi connectivity index (χ2n) is 7.27. The minimum Gasteiger partial charge on any atom is -0.489 e. The fourth-order valence-corrected chi connectivity index (χ4v) is 3.78. The zero-order valence-corrected chi connectivity index (χ0v) is 15.4. The number of allylic oxidation sites excluding steroid dienone is 1. The summed E-state index contributed by atoms with van der Waals surface area (Å²) in [6.07, 6.45) is 9.58. The number of hydrogen-bond acceptors (Lipinski definition) is 1. The highest BCUT2D eigenvalue weighted by atomic mass is 16.5. The van der Waals surface area contributed by atoms with Crippen LogP contribution in [0.2, 0.25) is 0 Å². The van der Waals surface area contributed by atoms with Crippen molar-refractivity contribution < 1.29 is 4.74 Å². The molecule has 2 aromatic rings. The van der Waals surface area contributed by atoms with Gasteiger partial charge < -0.3 is 4.74 Å². The molecule has 1 fully saturated rings. The highest BCUT2D eigenvalue weighted by molar-refractivity contribution is 5.30. The molecule has 0 heterocycles. The average Bonchev–Trinajstić information content (AvgIpc) is 2.68. The minimum atomic E-state index is 0.635. The van der Waals surface area contributed by atoms with Gasteiger partial charge in [-0.2, -0.15) is 0 Å². The monoisotopic (exact) mass is 334 g/mol. The quantitative estimate of drug-likeness (QED) is 0.513. The van der Waals surface area contributed by atoms with Crippen molar-refractivity contribution in [3.63, 3.8) is 0 Å². The summed E-state index contributed by atoms with van der Waals surface area (Å²) in [6, 6.07) is 17.5. The van der Waals surface area contributed by atoms with Gasteiger partial charge in [0, 0.05) is 0 Å². The highest BCUT2D eigenvalue weighted by Crippen LogP contribution is 2.36. The summed E-state index contributed by atoms with van der Waals surface area (Å²) in [4.78, 5) is 0. The van der Waals surface area contributed by atoms with Crippen molar-refractivity contribution in [3.05, 3.63) is 77.9 Å². The Kier molecular flexibility index (Phi) is 6.33. The van der Waals surface area contributed by atoms with Crippen LogP contribution in [0.1, 0.15) is 61.6 Å². The minimum absolute atomic E-state index is 0.635. The lowest BCUT2D eigenvalue weighted by atomic mass is 9.79. The van der Waals surface area contributed by atoms with E-state index in [1.807, 2.05) is 0 Å². The molecule has 2 aromatic carbocycles. The second-order valence-corrected chi connectivity index (χ2v) is 7.27. The molecule has 1 saturated carbocycles. The Labute approximate surface area is 152 Å². The van der Waals surface area contributed by atoms with Crippen LogP contribution in [0.4, 0.5) is 0 Å². The van der Waals surface area contributed by atoms with E-state index in [4.69, 9.17) is 4.74 Å². The van der Waals surface area contributed by atoms with Gasteiger partial charge in [-0.1, -0.05) is 55.8 Å². The van der Waals surface area contributed by atoms with Crippen LogP contribution in [-0.2, 0) is 13.0 Å². The Morgan fingerprint density at radius 1 is 0.920 bits per heavy atom. The molecule has 0 amide bonds. The van der Waals surface area contributed by atoms with Crippen molar-refractivity contribution in [1.29, 1.82) is 0 Å². The van der Waals surface area contributed by atoms with Gasteiger partial charge in [0.15, 0.2) is 0 Å². The van der Waals surface area contributed by atoms with E-state index in [1.165, 1.54) is 48.8 Å². The topological polar surface area (TPSA) is 9.23 Å². The molecule has 0 N–H and O–H groups in total. The molecule has 132 valence electrons. The van der Waals surface area contributed by atoms with Gasteiger partial charge in [-0.25, -0.2) is 0 Å². The third-order valence-electron chi connectivity index (χ3n) is 5.42. The van der Waals surface area contributed by atoms with E-state index in [9.17, 15) is 0 Å². The van der Waals surface area contributed by atoms with Crippen molar-refractivity contribution in [1.82, 2.24) is 0 Å². The first kappa shape index (κ1) is 17.8. The first-order valence-electron chi connectivity index (χ1n) is 9.71. The van der Waals surface area contributed by atoms with Crippen molar-refractivity contribution >= 4 is 0 Å². The molecule has 0 spiro atoms. The summed E-state index contributed by atoms with van der Waals surface area (Å²) in [5, 5.41) is 0. The highest BCUT2D eigenvalue weighted by Gasteiger charge is 2.20. The number of benzene rings is 2. The molecule has 0 radical (unpaired) electrons. The van der Waals surface area contributed by atoms with Crippen molar-refractivity contribution in [3.8, 4) is 5.75 Å². The molecule has 0 saturated heterocycles. The first-order chi connectivity index (χ1) is 12.3. The third-order valence-corrected chi connectivity index (χ3v) is 5.42. The maximum Gasteiger partial charge on any atom is 0.119 e. The van der Waals surface area contributed by atoms with Gasteiger partial charge in [0.05, 0.1) is 0 Å². The second kappa shape index (κ2) is 8.89. The smallest absolute Gasteiger partial charge is 0.119 e. The van der Waals surface area contributed by atoms with Crippen LogP contribution >= 0.6 is 0 Å². The standard InChI is InChI=1S/C24H30O/c1-3-5-20-6-8-21(9-7-20)18-25-24-16-14-23(15-17-24)22-12-10-19(4-2)11-13-22/h4,6-9,14-17,19,22H,2-3,5,10-13,18H2,1H3. The fraction of sp³-hybridized carbons (Fsp3) is 0.417. The number of hydrogen-bond donors (Lipinski definition) is 0. The summed E-state index contributed by atoms with van der Waals surface area (Å²) in [5.74, 6) is 2.39. The predicted molar refractivity (Wildman–Crippen MR) is 106 cm³/mol. The van der Waals surface area contributed by atoms with Gasteiger partial charge in [-0.15, -0.1) is 6.58 Å². The molecule has 1 heteroatoms. The van der Waals surface area contributed by atoms with Crippen LogP contribution in [0.3, 0.4) is 0 Å². The summed E-state index contributed by atoms with van der Waals surface area (Å²) in [5.41, 5.74) is 4.09. The summed E-state index contributed by atoms with van der Waals surface area (Å²) >= 11 is 0. The number of ether oxygens (including phenoxy) is 1. The van der Waals surface area contributed by atoms with Gasteiger partial charge >= 0.3 is 0 Å². The zero-order valence-electron chi connectivity index (χ0n) is 15.4. The van der Waals surface area contributed by atoms with Gasteiger partial charge in [0.1, 0.15) is 12.4 Å². The largest absolute Gasteiger partial charge is 0.489 e. The summed E-state index contributed by atoms with van der Waals surface area (Å²) in [6.45, 7) is 6.79. The van der Waals surface area contributed by atoms with E-state index in [2.05, 4.69) is 68.1 Å². The van der Waals surface area contributed by atoms with Crippen LogP contribution < -0.4 is 4.74 Å². The van der Waals surface area contributed by atoms with E-state index in [0.29, 0.717) is 12.5 Å².